The first-order valence-corrected chi connectivity index (χ1v) is 14.2. The summed E-state index contributed by atoms with van der Waals surface area (Å²) < 4.78 is 38.4. The van der Waals surface area contributed by atoms with E-state index in [2.05, 4.69) is 5.32 Å². The number of hydrogen-bond donors (Lipinski definition) is 1. The van der Waals surface area contributed by atoms with Gasteiger partial charge in [0.2, 0.25) is 21.8 Å². The van der Waals surface area contributed by atoms with E-state index < -0.39 is 28.5 Å². The lowest BCUT2D eigenvalue weighted by Crippen LogP contribution is -2.51. The van der Waals surface area contributed by atoms with Gasteiger partial charge in [0.05, 0.1) is 11.4 Å². The molecule has 1 heterocycles. The van der Waals surface area contributed by atoms with Crippen molar-refractivity contribution in [1.29, 1.82) is 0 Å². The Kier molecular flexibility index (Phi) is 9.67. The van der Waals surface area contributed by atoms with Crippen LogP contribution in [-0.4, -0.2) is 63.2 Å². The Bertz CT molecular complexity index is 1220. The molecule has 0 aromatic heterocycles. The van der Waals surface area contributed by atoms with Crippen LogP contribution in [0.25, 0.3) is 0 Å². The van der Waals surface area contributed by atoms with Gasteiger partial charge < -0.3 is 19.7 Å². The molecule has 0 spiro atoms. The molecule has 0 saturated carbocycles. The molecule has 0 aliphatic carbocycles. The van der Waals surface area contributed by atoms with Crippen molar-refractivity contribution in [2.45, 2.75) is 40.3 Å². The van der Waals surface area contributed by atoms with E-state index in [0.717, 1.165) is 4.31 Å². The lowest BCUT2D eigenvalue weighted by Gasteiger charge is -2.32. The van der Waals surface area contributed by atoms with E-state index in [4.69, 9.17) is 21.1 Å². The highest BCUT2D eigenvalue weighted by atomic mass is 35.5. The van der Waals surface area contributed by atoms with Crippen LogP contribution >= 0.6 is 11.6 Å². The van der Waals surface area contributed by atoms with Gasteiger partial charge in [-0.3, -0.25) is 13.9 Å². The smallest absolute Gasteiger partial charge is 0.244 e. The Labute approximate surface area is 223 Å². The first kappa shape index (κ1) is 28.6. The largest absolute Gasteiger partial charge is 0.486 e. The Hall–Kier alpha value is -2.98. The van der Waals surface area contributed by atoms with Gasteiger partial charge >= 0.3 is 0 Å². The molecule has 11 heteroatoms. The molecule has 0 unspecified atom stereocenters. The quantitative estimate of drug-likeness (QED) is 0.458. The van der Waals surface area contributed by atoms with Crippen molar-refractivity contribution in [2.24, 2.45) is 5.92 Å². The lowest BCUT2D eigenvalue weighted by atomic mass is 10.1. The summed E-state index contributed by atoms with van der Waals surface area (Å²) >= 11 is 6.14. The second-order valence-corrected chi connectivity index (χ2v) is 11.8. The minimum Gasteiger partial charge on any atom is -0.486 e. The van der Waals surface area contributed by atoms with Crippen LogP contribution in [0.15, 0.2) is 42.5 Å². The van der Waals surface area contributed by atoms with Crippen molar-refractivity contribution in [1.82, 2.24) is 10.2 Å². The van der Waals surface area contributed by atoms with E-state index in [1.54, 1.807) is 49.4 Å². The standard InChI is InChI=1S/C26H34ClN3O6S/c1-5-37(33,34)30(22-9-10-23-24(14-22)36-12-11-35-23)17-25(31)29(16-20-7-6-8-21(27)13-20)19(4)26(32)28-15-18(2)3/h6-10,13-14,18-19H,5,11-12,15-17H2,1-4H3,(H,28,32)/t19-/m1/s1. The van der Waals surface area contributed by atoms with Gasteiger partial charge in [-0.05, 0) is 49.6 Å². The number of carbonyl (C=O) groups excluding carboxylic acids is 2. The fourth-order valence-electron chi connectivity index (χ4n) is 3.77. The predicted molar refractivity (Wildman–Crippen MR) is 144 cm³/mol. The monoisotopic (exact) mass is 551 g/mol. The van der Waals surface area contributed by atoms with Crippen molar-refractivity contribution < 1.29 is 27.5 Å². The number of nitrogens with one attached hydrogen (secondary N) is 1. The van der Waals surface area contributed by atoms with Crippen LogP contribution in [0.2, 0.25) is 5.02 Å². The molecule has 202 valence electrons. The van der Waals surface area contributed by atoms with Crippen molar-refractivity contribution in [3.8, 4) is 11.5 Å². The molecule has 1 aliphatic rings. The summed E-state index contributed by atoms with van der Waals surface area (Å²) in [7, 11) is -3.85. The van der Waals surface area contributed by atoms with Gasteiger partial charge in [-0.2, -0.15) is 0 Å². The minimum atomic E-state index is -3.85. The topological polar surface area (TPSA) is 105 Å². The molecule has 0 bridgehead atoms. The zero-order valence-electron chi connectivity index (χ0n) is 21.6. The highest BCUT2D eigenvalue weighted by molar-refractivity contribution is 7.92. The average molecular weight is 552 g/mol. The van der Waals surface area contributed by atoms with Crippen LogP contribution in [0.3, 0.4) is 0 Å². The van der Waals surface area contributed by atoms with E-state index in [-0.39, 0.29) is 29.8 Å². The van der Waals surface area contributed by atoms with Crippen LogP contribution in [0.5, 0.6) is 11.5 Å². The van der Waals surface area contributed by atoms with Crippen molar-refractivity contribution in [3.63, 3.8) is 0 Å². The van der Waals surface area contributed by atoms with Gasteiger partial charge in [0.15, 0.2) is 11.5 Å². The molecule has 0 radical (unpaired) electrons. The molecule has 2 aromatic carbocycles. The highest BCUT2D eigenvalue weighted by Crippen LogP contribution is 2.35. The maximum atomic E-state index is 13.7. The molecule has 37 heavy (non-hydrogen) atoms. The number of fused-ring (bicyclic) bond motifs is 1. The number of rotatable bonds is 11. The third kappa shape index (κ3) is 7.52. The Morgan fingerprint density at radius 2 is 1.76 bits per heavy atom. The Balaban J connectivity index is 1.93. The number of sulfonamides is 1. The number of halogens is 1. The van der Waals surface area contributed by atoms with Crippen LogP contribution < -0.4 is 19.1 Å². The average Bonchev–Trinajstić information content (AvgIpc) is 2.88. The molecule has 9 nitrogen and oxygen atoms in total. The number of anilines is 1. The number of hydrogen-bond acceptors (Lipinski definition) is 6. The second kappa shape index (κ2) is 12.5. The Morgan fingerprint density at radius 3 is 2.41 bits per heavy atom. The molecule has 1 aliphatic heterocycles. The summed E-state index contributed by atoms with van der Waals surface area (Å²) in [5, 5.41) is 3.35. The van der Waals surface area contributed by atoms with Gasteiger partial charge in [-0.25, -0.2) is 8.42 Å². The van der Waals surface area contributed by atoms with E-state index in [9.17, 15) is 18.0 Å². The van der Waals surface area contributed by atoms with Gasteiger partial charge in [-0.1, -0.05) is 37.6 Å². The zero-order chi connectivity index (χ0) is 27.2. The van der Waals surface area contributed by atoms with Crippen molar-refractivity contribution >= 4 is 39.1 Å². The summed E-state index contributed by atoms with van der Waals surface area (Å²) in [6.07, 6.45) is 0. The van der Waals surface area contributed by atoms with E-state index in [1.807, 2.05) is 13.8 Å². The maximum absolute atomic E-state index is 13.7. The second-order valence-electron chi connectivity index (χ2n) is 9.20. The number of ether oxygens (including phenoxy) is 2. The van der Waals surface area contributed by atoms with Crippen LogP contribution in [0, 0.1) is 5.92 Å². The fourth-order valence-corrected chi connectivity index (χ4v) is 5.04. The molecule has 0 fully saturated rings. The van der Waals surface area contributed by atoms with Gasteiger partial charge in [0.1, 0.15) is 25.8 Å². The highest BCUT2D eigenvalue weighted by Gasteiger charge is 2.31. The first-order chi connectivity index (χ1) is 17.5. The van der Waals surface area contributed by atoms with Gasteiger partial charge in [-0.15, -0.1) is 0 Å². The zero-order valence-corrected chi connectivity index (χ0v) is 23.1. The molecular formula is C26H34ClN3O6S. The summed E-state index contributed by atoms with van der Waals surface area (Å²) in [6.45, 7) is 7.87. The van der Waals surface area contributed by atoms with Crippen LogP contribution in [0.4, 0.5) is 5.69 Å². The summed E-state index contributed by atoms with van der Waals surface area (Å²) in [5.41, 5.74) is 0.993. The number of nitrogens with zero attached hydrogens (tertiary/aromatic N) is 2. The van der Waals surface area contributed by atoms with Gasteiger partial charge in [0.25, 0.3) is 0 Å². The van der Waals surface area contributed by atoms with Crippen molar-refractivity contribution in [2.75, 3.05) is 36.4 Å². The molecule has 1 atom stereocenters. The number of amides is 2. The van der Waals surface area contributed by atoms with Gasteiger partial charge in [0, 0.05) is 24.2 Å². The predicted octanol–water partition coefficient (Wildman–Crippen LogP) is 3.46. The summed E-state index contributed by atoms with van der Waals surface area (Å²) in [5.74, 6) is 0.0758. The molecule has 2 amide bonds. The maximum Gasteiger partial charge on any atom is 0.244 e. The Morgan fingerprint density at radius 1 is 1.05 bits per heavy atom. The number of benzene rings is 2. The fraction of sp³-hybridized carbons (Fsp3) is 0.462. The van der Waals surface area contributed by atoms with Crippen molar-refractivity contribution in [3.05, 3.63) is 53.1 Å². The number of carbonyl (C=O) groups is 2. The summed E-state index contributed by atoms with van der Waals surface area (Å²) in [6, 6.07) is 10.9. The summed E-state index contributed by atoms with van der Waals surface area (Å²) in [4.78, 5) is 28.0. The molecule has 3 rings (SSSR count). The molecular weight excluding hydrogens is 518 g/mol. The van der Waals surface area contributed by atoms with Crippen LogP contribution in [-0.2, 0) is 26.2 Å². The lowest BCUT2D eigenvalue weighted by molar-refractivity contribution is -0.139. The molecule has 0 saturated heterocycles. The SMILES string of the molecule is CCS(=O)(=O)N(CC(=O)N(Cc1cccc(Cl)c1)[C@H](C)C(=O)NCC(C)C)c1ccc2c(c1)OCCO2. The third-order valence-corrected chi connectivity index (χ3v) is 7.86. The minimum absolute atomic E-state index is 0.0802. The normalized spacial score (nSPS) is 13.7. The van der Waals surface area contributed by atoms with E-state index in [1.165, 1.54) is 11.8 Å². The van der Waals surface area contributed by atoms with Crippen LogP contribution in [0.1, 0.15) is 33.3 Å². The van der Waals surface area contributed by atoms with E-state index >= 15 is 0 Å². The molecule has 1 N–H and O–H groups in total. The molecule has 2 aromatic rings. The van der Waals surface area contributed by atoms with E-state index in [0.29, 0.717) is 41.8 Å². The third-order valence-electron chi connectivity index (χ3n) is 5.89. The first-order valence-electron chi connectivity index (χ1n) is 12.2.